The van der Waals surface area contributed by atoms with Crippen LogP contribution < -0.4 is 4.72 Å². The van der Waals surface area contributed by atoms with Crippen molar-refractivity contribution in [2.75, 3.05) is 0 Å². The Balaban J connectivity index is 2.27. The Bertz CT molecular complexity index is 731. The van der Waals surface area contributed by atoms with Gasteiger partial charge in [0, 0.05) is 10.5 Å². The molecule has 0 spiro atoms. The Hall–Kier alpha value is -0.110. The molecule has 0 aliphatic carbocycles. The van der Waals surface area contributed by atoms with Crippen LogP contribution in [0.5, 0.6) is 0 Å². The van der Waals surface area contributed by atoms with Crippen molar-refractivity contribution in [1.82, 2.24) is 4.72 Å². The zero-order chi connectivity index (χ0) is 14.9. The highest BCUT2D eigenvalue weighted by Gasteiger charge is 2.23. The first-order chi connectivity index (χ1) is 9.29. The molecule has 0 saturated carbocycles. The van der Waals surface area contributed by atoms with E-state index in [1.165, 1.54) is 6.07 Å². The minimum Gasteiger partial charge on any atom is -0.207 e. The van der Waals surface area contributed by atoms with Gasteiger partial charge >= 0.3 is 0 Å². The fraction of sp³-hybridized carbons (Fsp3) is 0.167. The minimum atomic E-state index is -3.70. The first-order valence-corrected chi connectivity index (χ1v) is 9.37. The van der Waals surface area contributed by atoms with Crippen LogP contribution in [0, 0.1) is 0 Å². The lowest BCUT2D eigenvalue weighted by Crippen LogP contribution is -2.26. The molecule has 0 amide bonds. The topological polar surface area (TPSA) is 46.2 Å². The van der Waals surface area contributed by atoms with E-state index < -0.39 is 10.0 Å². The number of sulfonamides is 1. The smallest absolute Gasteiger partial charge is 0.207 e. The Morgan fingerprint density at radius 3 is 2.55 bits per heavy atom. The number of hydrogen-bond acceptors (Lipinski definition) is 3. The fourth-order valence-electron chi connectivity index (χ4n) is 1.65. The van der Waals surface area contributed by atoms with Gasteiger partial charge < -0.3 is 0 Å². The summed E-state index contributed by atoms with van der Waals surface area (Å²) in [6.07, 6.45) is 0. The van der Waals surface area contributed by atoms with Gasteiger partial charge in [0.15, 0.2) is 0 Å². The van der Waals surface area contributed by atoms with Crippen LogP contribution in [0.15, 0.2) is 39.7 Å². The third kappa shape index (κ3) is 3.75. The molecule has 1 unspecified atom stereocenters. The summed E-state index contributed by atoms with van der Waals surface area (Å²) >= 11 is 16.1. The van der Waals surface area contributed by atoms with Gasteiger partial charge in [0.25, 0.3) is 0 Å². The van der Waals surface area contributed by atoms with Gasteiger partial charge in [-0.25, -0.2) is 13.1 Å². The number of thiophene rings is 1. The molecule has 1 atom stereocenters. The van der Waals surface area contributed by atoms with Gasteiger partial charge in [0.05, 0.1) is 4.34 Å². The number of benzene rings is 1. The lowest BCUT2D eigenvalue weighted by atomic mass is 10.1. The van der Waals surface area contributed by atoms with Crippen molar-refractivity contribution in [3.8, 4) is 0 Å². The van der Waals surface area contributed by atoms with Crippen LogP contribution in [0.25, 0.3) is 0 Å². The zero-order valence-electron chi connectivity index (χ0n) is 10.2. The number of halogens is 3. The monoisotopic (exact) mass is 413 g/mol. The second-order valence-corrected chi connectivity index (χ2v) is 8.97. The highest BCUT2D eigenvalue weighted by molar-refractivity contribution is 9.10. The van der Waals surface area contributed by atoms with E-state index in [4.69, 9.17) is 23.2 Å². The SMILES string of the molecule is CC(NS(=O)(=O)c1cc(Cl)sc1Cl)c1cccc(Br)c1. The lowest BCUT2D eigenvalue weighted by Gasteiger charge is -2.14. The van der Waals surface area contributed by atoms with Crippen molar-refractivity contribution >= 4 is 60.5 Å². The molecular weight excluding hydrogens is 405 g/mol. The van der Waals surface area contributed by atoms with Crippen LogP contribution in [-0.2, 0) is 10.0 Å². The maximum Gasteiger partial charge on any atom is 0.243 e. The van der Waals surface area contributed by atoms with E-state index >= 15 is 0 Å². The van der Waals surface area contributed by atoms with Gasteiger partial charge in [-0.3, -0.25) is 0 Å². The van der Waals surface area contributed by atoms with Crippen LogP contribution >= 0.6 is 50.5 Å². The number of rotatable bonds is 4. The van der Waals surface area contributed by atoms with Crippen LogP contribution in [0.3, 0.4) is 0 Å². The first-order valence-electron chi connectivity index (χ1n) is 5.52. The lowest BCUT2D eigenvalue weighted by molar-refractivity contribution is 0.567. The molecule has 8 heteroatoms. The standard InChI is InChI=1S/C12H10BrCl2NO2S2/c1-7(8-3-2-4-9(13)5-8)16-20(17,18)10-6-11(14)19-12(10)15/h2-7,16H,1H3. The average Bonchev–Trinajstić information content (AvgIpc) is 2.69. The summed E-state index contributed by atoms with van der Waals surface area (Å²) in [5, 5.41) is 0. The molecule has 20 heavy (non-hydrogen) atoms. The molecule has 0 radical (unpaired) electrons. The fourth-order valence-corrected chi connectivity index (χ4v) is 5.45. The van der Waals surface area contributed by atoms with Crippen LogP contribution in [0.2, 0.25) is 8.67 Å². The summed E-state index contributed by atoms with van der Waals surface area (Å²) in [6, 6.07) is 8.39. The third-order valence-corrected chi connectivity index (χ3v) is 6.38. The highest BCUT2D eigenvalue weighted by Crippen LogP contribution is 2.34. The molecule has 1 aromatic heterocycles. The Morgan fingerprint density at radius 2 is 2.00 bits per heavy atom. The summed E-state index contributed by atoms with van der Waals surface area (Å²) < 4.78 is 28.5. The van der Waals surface area contributed by atoms with Crippen molar-refractivity contribution in [1.29, 1.82) is 0 Å². The van der Waals surface area contributed by atoms with Gasteiger partial charge in [-0.1, -0.05) is 51.3 Å². The summed E-state index contributed by atoms with van der Waals surface area (Å²) in [5.74, 6) is 0. The van der Waals surface area contributed by atoms with Crippen LogP contribution in [0.1, 0.15) is 18.5 Å². The van der Waals surface area contributed by atoms with Gasteiger partial charge in [0.2, 0.25) is 10.0 Å². The van der Waals surface area contributed by atoms with Crippen LogP contribution in [0.4, 0.5) is 0 Å². The quantitative estimate of drug-likeness (QED) is 0.776. The maximum atomic E-state index is 12.3. The molecule has 0 aliphatic heterocycles. The summed E-state index contributed by atoms with van der Waals surface area (Å²) in [6.45, 7) is 1.77. The normalized spacial score (nSPS) is 13.4. The molecule has 0 fully saturated rings. The van der Waals surface area contributed by atoms with Gasteiger partial charge in [-0.15, -0.1) is 11.3 Å². The predicted molar refractivity (Wildman–Crippen MR) is 87.2 cm³/mol. The van der Waals surface area contributed by atoms with Crippen molar-refractivity contribution in [3.05, 3.63) is 49.0 Å². The zero-order valence-corrected chi connectivity index (χ0v) is 15.0. The van der Waals surface area contributed by atoms with E-state index in [1.807, 2.05) is 24.3 Å². The molecule has 3 nitrogen and oxygen atoms in total. The van der Waals surface area contributed by atoms with E-state index in [0.717, 1.165) is 21.4 Å². The van der Waals surface area contributed by atoms with Gasteiger partial charge in [-0.2, -0.15) is 0 Å². The minimum absolute atomic E-state index is 0.0102. The average molecular weight is 415 g/mol. The molecule has 1 aromatic carbocycles. The Morgan fingerprint density at radius 1 is 1.30 bits per heavy atom. The largest absolute Gasteiger partial charge is 0.243 e. The van der Waals surface area contributed by atoms with Crippen molar-refractivity contribution in [2.24, 2.45) is 0 Å². The van der Waals surface area contributed by atoms with Crippen molar-refractivity contribution < 1.29 is 8.42 Å². The first kappa shape index (κ1) is 16.3. The molecule has 2 rings (SSSR count). The summed E-state index contributed by atoms with van der Waals surface area (Å²) in [7, 11) is -3.70. The summed E-state index contributed by atoms with van der Waals surface area (Å²) in [5.41, 5.74) is 0.848. The Kier molecular flexibility index (Phi) is 5.15. The second-order valence-electron chi connectivity index (χ2n) is 4.09. The van der Waals surface area contributed by atoms with Crippen LogP contribution in [-0.4, -0.2) is 8.42 Å². The molecule has 1 N–H and O–H groups in total. The number of nitrogens with one attached hydrogen (secondary N) is 1. The molecule has 2 aromatic rings. The molecule has 0 aliphatic rings. The molecule has 0 bridgehead atoms. The maximum absolute atomic E-state index is 12.3. The van der Waals surface area contributed by atoms with E-state index in [2.05, 4.69) is 20.7 Å². The van der Waals surface area contributed by atoms with Gasteiger partial charge in [-0.05, 0) is 30.7 Å². The summed E-state index contributed by atoms with van der Waals surface area (Å²) in [4.78, 5) is 0.0102. The van der Waals surface area contributed by atoms with E-state index in [9.17, 15) is 8.42 Å². The third-order valence-electron chi connectivity index (χ3n) is 2.60. The van der Waals surface area contributed by atoms with Crippen molar-refractivity contribution in [2.45, 2.75) is 17.9 Å². The van der Waals surface area contributed by atoms with E-state index in [-0.39, 0.29) is 15.3 Å². The molecular formula is C12H10BrCl2NO2S2. The van der Waals surface area contributed by atoms with Crippen molar-refractivity contribution in [3.63, 3.8) is 0 Å². The highest BCUT2D eigenvalue weighted by atomic mass is 79.9. The molecule has 1 heterocycles. The number of hydrogen-bond donors (Lipinski definition) is 1. The predicted octanol–water partition coefficient (Wildman–Crippen LogP) is 4.86. The Labute approximate surface area is 140 Å². The van der Waals surface area contributed by atoms with E-state index in [0.29, 0.717) is 4.34 Å². The van der Waals surface area contributed by atoms with Gasteiger partial charge in [0.1, 0.15) is 9.23 Å². The van der Waals surface area contributed by atoms with E-state index in [1.54, 1.807) is 6.92 Å². The second kappa shape index (κ2) is 6.34. The molecule has 108 valence electrons. The molecule has 0 saturated heterocycles.